The molecule has 0 bridgehead atoms. The molecule has 120 valence electrons. The molecule has 23 heavy (non-hydrogen) atoms. The van der Waals surface area contributed by atoms with Crippen molar-refractivity contribution in [2.75, 3.05) is 6.54 Å². The molecule has 1 atom stereocenters. The molecule has 1 amide bonds. The largest absolute Gasteiger partial charge is 0.339 e. The third kappa shape index (κ3) is 2.56. The number of rotatable bonds is 3. The average Bonchev–Trinajstić information content (AvgIpc) is 3.09. The Morgan fingerprint density at radius 3 is 2.87 bits per heavy atom. The number of hydrogen-bond acceptors (Lipinski definition) is 5. The Morgan fingerprint density at radius 2 is 2.13 bits per heavy atom. The molecule has 1 saturated carbocycles. The van der Waals surface area contributed by atoms with Crippen molar-refractivity contribution in [1.29, 1.82) is 0 Å². The summed E-state index contributed by atoms with van der Waals surface area (Å²) in [6.45, 7) is 0.666. The Hall–Kier alpha value is -2.44. The molecule has 4 rings (SSSR count). The van der Waals surface area contributed by atoms with Crippen molar-refractivity contribution >= 4 is 5.91 Å². The summed E-state index contributed by atoms with van der Waals surface area (Å²) < 4.78 is 6.74. The van der Waals surface area contributed by atoms with Gasteiger partial charge in [0, 0.05) is 31.8 Å². The molecule has 0 aromatic carbocycles. The zero-order valence-electron chi connectivity index (χ0n) is 12.9. The van der Waals surface area contributed by atoms with E-state index in [2.05, 4.69) is 10.1 Å². The predicted octanol–water partition coefficient (Wildman–Crippen LogP) is 1.62. The normalized spacial score (nSPS) is 20.9. The van der Waals surface area contributed by atoms with Gasteiger partial charge in [-0.3, -0.25) is 9.59 Å². The minimum Gasteiger partial charge on any atom is -0.339 e. The van der Waals surface area contributed by atoms with E-state index in [0.29, 0.717) is 29.7 Å². The van der Waals surface area contributed by atoms with E-state index < -0.39 is 0 Å². The maximum atomic E-state index is 12.8. The molecule has 7 nitrogen and oxygen atoms in total. The molecule has 1 aliphatic carbocycles. The molecule has 1 unspecified atom stereocenters. The topological polar surface area (TPSA) is 81.2 Å². The molecular formula is C16H18N4O3. The van der Waals surface area contributed by atoms with Crippen LogP contribution in [-0.4, -0.2) is 32.1 Å². The Labute approximate surface area is 132 Å². The monoisotopic (exact) mass is 314 g/mol. The van der Waals surface area contributed by atoms with Gasteiger partial charge in [0.05, 0.1) is 11.6 Å². The van der Waals surface area contributed by atoms with Crippen LogP contribution in [0.2, 0.25) is 0 Å². The van der Waals surface area contributed by atoms with Gasteiger partial charge in [0.1, 0.15) is 0 Å². The molecule has 1 aliphatic heterocycles. The number of amides is 1. The molecule has 2 aromatic heterocycles. The first kappa shape index (κ1) is 14.2. The van der Waals surface area contributed by atoms with Crippen molar-refractivity contribution in [3.8, 4) is 0 Å². The average molecular weight is 314 g/mol. The first-order valence-electron chi connectivity index (χ1n) is 7.94. The van der Waals surface area contributed by atoms with Crippen molar-refractivity contribution in [2.45, 2.75) is 37.6 Å². The highest BCUT2D eigenvalue weighted by atomic mass is 16.5. The van der Waals surface area contributed by atoms with Gasteiger partial charge in [-0.15, -0.1) is 0 Å². The van der Waals surface area contributed by atoms with E-state index in [-0.39, 0.29) is 17.5 Å². The lowest BCUT2D eigenvalue weighted by Gasteiger charge is -2.22. The number of nitrogens with zero attached hydrogens (tertiary/aromatic N) is 4. The molecule has 0 radical (unpaired) electrons. The molecule has 2 aromatic rings. The smallest absolute Gasteiger partial charge is 0.255 e. The quantitative estimate of drug-likeness (QED) is 0.860. The summed E-state index contributed by atoms with van der Waals surface area (Å²) in [7, 11) is 1.64. The minimum atomic E-state index is -0.143. The summed E-state index contributed by atoms with van der Waals surface area (Å²) in [4.78, 5) is 30.5. The summed E-state index contributed by atoms with van der Waals surface area (Å²) in [6, 6.07) is 2.85. The molecular weight excluding hydrogens is 296 g/mol. The van der Waals surface area contributed by atoms with Gasteiger partial charge < -0.3 is 14.0 Å². The first-order chi connectivity index (χ1) is 11.1. The van der Waals surface area contributed by atoms with Crippen LogP contribution < -0.4 is 5.56 Å². The lowest BCUT2D eigenvalue weighted by atomic mass is 10.2. The van der Waals surface area contributed by atoms with E-state index in [1.165, 1.54) is 10.6 Å². The molecule has 3 heterocycles. The van der Waals surface area contributed by atoms with Crippen molar-refractivity contribution in [3.63, 3.8) is 0 Å². The van der Waals surface area contributed by atoms with Crippen LogP contribution in [0.3, 0.4) is 0 Å². The van der Waals surface area contributed by atoms with Gasteiger partial charge in [0.15, 0.2) is 5.82 Å². The molecule has 1 saturated heterocycles. The Kier molecular flexibility index (Phi) is 3.28. The minimum absolute atomic E-state index is 0.0964. The molecule has 0 spiro atoms. The van der Waals surface area contributed by atoms with E-state index >= 15 is 0 Å². The van der Waals surface area contributed by atoms with Gasteiger partial charge >= 0.3 is 0 Å². The number of aryl methyl sites for hydroxylation is 1. The fraction of sp³-hybridized carbons (Fsp3) is 0.500. The Morgan fingerprint density at radius 1 is 1.30 bits per heavy atom. The highest BCUT2D eigenvalue weighted by molar-refractivity contribution is 5.94. The van der Waals surface area contributed by atoms with E-state index in [0.717, 1.165) is 25.7 Å². The van der Waals surface area contributed by atoms with Crippen molar-refractivity contribution < 1.29 is 9.32 Å². The summed E-state index contributed by atoms with van der Waals surface area (Å²) in [6.07, 6.45) is 5.53. The Balaban J connectivity index is 1.59. The van der Waals surface area contributed by atoms with Crippen molar-refractivity contribution in [2.24, 2.45) is 7.05 Å². The second kappa shape index (κ2) is 5.33. The van der Waals surface area contributed by atoms with Gasteiger partial charge in [0.25, 0.3) is 5.91 Å². The molecule has 7 heteroatoms. The van der Waals surface area contributed by atoms with Crippen LogP contribution in [0.5, 0.6) is 0 Å². The number of hydrogen-bond donors (Lipinski definition) is 0. The summed E-state index contributed by atoms with van der Waals surface area (Å²) in [5.74, 6) is 1.61. The summed E-state index contributed by atoms with van der Waals surface area (Å²) in [5.41, 5.74) is 0.372. The maximum Gasteiger partial charge on any atom is 0.255 e. The lowest BCUT2D eigenvalue weighted by molar-refractivity contribution is 0.0727. The lowest BCUT2D eigenvalue weighted by Crippen LogP contribution is -2.32. The fourth-order valence-electron chi connectivity index (χ4n) is 3.04. The summed E-state index contributed by atoms with van der Waals surface area (Å²) in [5, 5.41) is 4.08. The maximum absolute atomic E-state index is 12.8. The second-order valence-electron chi connectivity index (χ2n) is 6.29. The highest BCUT2D eigenvalue weighted by Gasteiger charge is 2.36. The Bertz CT molecular complexity index is 806. The third-order valence-corrected chi connectivity index (χ3v) is 4.53. The van der Waals surface area contributed by atoms with Crippen LogP contribution in [0.25, 0.3) is 0 Å². The second-order valence-corrected chi connectivity index (χ2v) is 6.29. The first-order valence-corrected chi connectivity index (χ1v) is 7.94. The standard InChI is InChI=1S/C16H18N4O3/c1-19-9-11(6-7-13(19)21)16(22)20-8-2-3-12(20)14-17-15(23-18-14)10-4-5-10/h6-7,9-10,12H,2-5,8H2,1H3. The van der Waals surface area contributed by atoms with Crippen LogP contribution in [0.4, 0.5) is 0 Å². The highest BCUT2D eigenvalue weighted by Crippen LogP contribution is 2.40. The van der Waals surface area contributed by atoms with Gasteiger partial charge in [-0.1, -0.05) is 5.16 Å². The van der Waals surface area contributed by atoms with Crippen molar-refractivity contribution in [3.05, 3.63) is 46.0 Å². The zero-order valence-corrected chi connectivity index (χ0v) is 12.9. The zero-order chi connectivity index (χ0) is 16.0. The van der Waals surface area contributed by atoms with Gasteiger partial charge in [-0.25, -0.2) is 0 Å². The van der Waals surface area contributed by atoms with Crippen LogP contribution in [0, 0.1) is 0 Å². The number of pyridine rings is 1. The van der Waals surface area contributed by atoms with E-state index in [9.17, 15) is 9.59 Å². The third-order valence-electron chi connectivity index (χ3n) is 4.53. The molecule has 0 N–H and O–H groups in total. The van der Waals surface area contributed by atoms with Crippen LogP contribution in [0.1, 0.15) is 59.7 Å². The summed E-state index contributed by atoms with van der Waals surface area (Å²) >= 11 is 0. The van der Waals surface area contributed by atoms with Crippen LogP contribution >= 0.6 is 0 Å². The SMILES string of the molecule is Cn1cc(C(=O)N2CCCC2c2noc(C3CC3)n2)ccc1=O. The van der Waals surface area contributed by atoms with Gasteiger partial charge in [0.2, 0.25) is 11.4 Å². The fourth-order valence-corrected chi connectivity index (χ4v) is 3.04. The van der Waals surface area contributed by atoms with Crippen molar-refractivity contribution in [1.82, 2.24) is 19.6 Å². The number of carbonyl (C=O) groups excluding carboxylic acids is 1. The van der Waals surface area contributed by atoms with E-state index in [1.807, 2.05) is 0 Å². The molecule has 2 aliphatic rings. The van der Waals surface area contributed by atoms with Gasteiger partial charge in [-0.2, -0.15) is 4.98 Å². The number of carbonyl (C=O) groups is 1. The van der Waals surface area contributed by atoms with Gasteiger partial charge in [-0.05, 0) is 31.7 Å². The predicted molar refractivity (Wildman–Crippen MR) is 81.0 cm³/mol. The van der Waals surface area contributed by atoms with E-state index in [4.69, 9.17) is 4.52 Å². The van der Waals surface area contributed by atoms with Crippen LogP contribution in [0.15, 0.2) is 27.6 Å². The number of aromatic nitrogens is 3. The molecule has 2 fully saturated rings. The van der Waals surface area contributed by atoms with E-state index in [1.54, 1.807) is 24.2 Å². The van der Waals surface area contributed by atoms with Crippen LogP contribution in [-0.2, 0) is 7.05 Å². The number of likely N-dealkylation sites (tertiary alicyclic amines) is 1.